The number of nitrogens with one attached hydrogen (secondary N) is 3. The van der Waals surface area contributed by atoms with Crippen LogP contribution < -0.4 is 16.0 Å². The van der Waals surface area contributed by atoms with Crippen LogP contribution in [0.1, 0.15) is 54.9 Å². The summed E-state index contributed by atoms with van der Waals surface area (Å²) in [5.41, 5.74) is 2.31. The number of halogens is 1. The number of nitrogens with zero attached hydrogens (tertiary/aromatic N) is 2. The Labute approximate surface area is 190 Å². The normalized spacial score (nSPS) is 13.0. The van der Waals surface area contributed by atoms with Crippen molar-refractivity contribution in [2.45, 2.75) is 59.7 Å². The Hall–Kier alpha value is -1.19. The van der Waals surface area contributed by atoms with E-state index in [1.54, 1.807) is 11.3 Å². The summed E-state index contributed by atoms with van der Waals surface area (Å²) < 4.78 is 0. The van der Waals surface area contributed by atoms with Crippen LogP contribution in [0.25, 0.3) is 0 Å². The van der Waals surface area contributed by atoms with Gasteiger partial charge >= 0.3 is 0 Å². The van der Waals surface area contributed by atoms with Crippen LogP contribution >= 0.6 is 35.3 Å². The molecule has 0 saturated heterocycles. The molecule has 0 aliphatic rings. The van der Waals surface area contributed by atoms with E-state index in [1.165, 1.54) is 10.4 Å². The molecule has 0 fully saturated rings. The van der Waals surface area contributed by atoms with Crippen LogP contribution in [0.4, 0.5) is 0 Å². The third-order valence-corrected chi connectivity index (χ3v) is 5.45. The highest BCUT2D eigenvalue weighted by molar-refractivity contribution is 14.0. The Morgan fingerprint density at radius 3 is 2.43 bits per heavy atom. The molecule has 0 radical (unpaired) electrons. The summed E-state index contributed by atoms with van der Waals surface area (Å²) in [6, 6.07) is 10.8. The molecule has 2 aromatic rings. The minimum Gasteiger partial charge on any atom is -0.357 e. The lowest BCUT2D eigenvalue weighted by Crippen LogP contribution is -2.52. The van der Waals surface area contributed by atoms with E-state index in [1.807, 2.05) is 13.0 Å². The fraction of sp³-hybridized carbons (Fsp3) is 0.524. The van der Waals surface area contributed by atoms with Crippen molar-refractivity contribution in [1.82, 2.24) is 20.9 Å². The first-order chi connectivity index (χ1) is 12.8. The molecule has 1 heterocycles. The SMILES string of the molecule is CCNC(=NCc1nc(C)c(C)s1)NCC(C)(C)NC(C)c1ccccc1.I. The van der Waals surface area contributed by atoms with Crippen LogP contribution in [0.2, 0.25) is 0 Å². The molecular weight excluding hydrogens is 481 g/mol. The van der Waals surface area contributed by atoms with Gasteiger partial charge in [-0.1, -0.05) is 30.3 Å². The second-order valence-electron chi connectivity index (χ2n) is 7.46. The van der Waals surface area contributed by atoms with Crippen molar-refractivity contribution in [3.8, 4) is 0 Å². The molecule has 1 unspecified atom stereocenters. The maximum Gasteiger partial charge on any atom is 0.191 e. The predicted molar refractivity (Wildman–Crippen MR) is 132 cm³/mol. The Bertz CT molecular complexity index is 723. The number of thiazole rings is 1. The summed E-state index contributed by atoms with van der Waals surface area (Å²) in [5.74, 6) is 0.824. The highest BCUT2D eigenvalue weighted by Gasteiger charge is 2.21. The first kappa shape index (κ1) is 24.8. The average molecular weight is 516 g/mol. The van der Waals surface area contributed by atoms with E-state index >= 15 is 0 Å². The molecule has 0 aliphatic carbocycles. The number of aryl methyl sites for hydroxylation is 2. The van der Waals surface area contributed by atoms with Gasteiger partial charge in [0.1, 0.15) is 5.01 Å². The first-order valence-corrected chi connectivity index (χ1v) is 10.4. The Balaban J connectivity index is 0.00000392. The molecule has 156 valence electrons. The molecule has 0 bridgehead atoms. The number of hydrogen-bond acceptors (Lipinski definition) is 4. The molecule has 7 heteroatoms. The summed E-state index contributed by atoms with van der Waals surface area (Å²) >= 11 is 1.72. The maximum atomic E-state index is 4.69. The average Bonchev–Trinajstić information content (AvgIpc) is 2.95. The van der Waals surface area contributed by atoms with Crippen molar-refractivity contribution in [2.75, 3.05) is 13.1 Å². The Kier molecular flexibility index (Phi) is 10.4. The van der Waals surface area contributed by atoms with Gasteiger partial charge in [0.25, 0.3) is 0 Å². The molecule has 3 N–H and O–H groups in total. The van der Waals surface area contributed by atoms with Gasteiger partial charge in [0.05, 0.1) is 12.2 Å². The van der Waals surface area contributed by atoms with Gasteiger partial charge < -0.3 is 16.0 Å². The lowest BCUT2D eigenvalue weighted by atomic mass is 10.0. The van der Waals surface area contributed by atoms with Crippen molar-refractivity contribution in [3.05, 3.63) is 51.5 Å². The standard InChI is InChI=1S/C21H33N5S.HI/c1-7-22-20(23-13-19-25-15(2)17(4)27-19)24-14-21(5,6)26-16(3)18-11-9-8-10-12-18;/h8-12,16,26H,7,13-14H2,1-6H3,(H2,22,23,24);1H. The molecule has 0 amide bonds. The third kappa shape index (κ3) is 8.05. The lowest BCUT2D eigenvalue weighted by Gasteiger charge is -2.31. The van der Waals surface area contributed by atoms with Crippen LogP contribution in [0.3, 0.4) is 0 Å². The zero-order valence-corrected chi connectivity index (χ0v) is 20.9. The maximum absolute atomic E-state index is 4.69. The van der Waals surface area contributed by atoms with Crippen molar-refractivity contribution in [3.63, 3.8) is 0 Å². The fourth-order valence-electron chi connectivity index (χ4n) is 2.86. The summed E-state index contributed by atoms with van der Waals surface area (Å²) in [6.45, 7) is 15.0. The highest BCUT2D eigenvalue weighted by atomic mass is 127. The van der Waals surface area contributed by atoms with Crippen molar-refractivity contribution in [1.29, 1.82) is 0 Å². The molecule has 1 atom stereocenters. The molecule has 28 heavy (non-hydrogen) atoms. The van der Waals surface area contributed by atoms with Crippen LogP contribution in [0.5, 0.6) is 0 Å². The van der Waals surface area contributed by atoms with Crippen LogP contribution in [0.15, 0.2) is 35.3 Å². The zero-order valence-electron chi connectivity index (χ0n) is 17.8. The van der Waals surface area contributed by atoms with Crippen LogP contribution in [-0.4, -0.2) is 29.6 Å². The van der Waals surface area contributed by atoms with E-state index in [0.717, 1.165) is 29.8 Å². The van der Waals surface area contributed by atoms with Gasteiger partial charge in [0, 0.05) is 29.5 Å². The number of aromatic nitrogens is 1. The van der Waals surface area contributed by atoms with Gasteiger partial charge in [0.2, 0.25) is 0 Å². The number of rotatable bonds is 8. The molecule has 0 saturated carbocycles. The summed E-state index contributed by atoms with van der Waals surface area (Å²) in [7, 11) is 0. The number of aliphatic imine (C=N–C) groups is 1. The summed E-state index contributed by atoms with van der Waals surface area (Å²) in [4.78, 5) is 10.5. The first-order valence-electron chi connectivity index (χ1n) is 9.58. The second-order valence-corrected chi connectivity index (χ2v) is 8.75. The van der Waals surface area contributed by atoms with Gasteiger partial charge in [-0.25, -0.2) is 9.98 Å². The smallest absolute Gasteiger partial charge is 0.191 e. The topological polar surface area (TPSA) is 61.3 Å². The van der Waals surface area contributed by atoms with E-state index in [4.69, 9.17) is 4.99 Å². The number of hydrogen-bond donors (Lipinski definition) is 3. The number of guanidine groups is 1. The van der Waals surface area contributed by atoms with Gasteiger partial charge in [-0.15, -0.1) is 35.3 Å². The van der Waals surface area contributed by atoms with E-state index in [-0.39, 0.29) is 35.6 Å². The molecule has 0 aliphatic heterocycles. The quantitative estimate of drug-likeness (QED) is 0.274. The molecule has 1 aromatic carbocycles. The van der Waals surface area contributed by atoms with Crippen LogP contribution in [0, 0.1) is 13.8 Å². The minimum atomic E-state index is -0.0835. The largest absolute Gasteiger partial charge is 0.357 e. The van der Waals surface area contributed by atoms with Crippen molar-refractivity contribution < 1.29 is 0 Å². The van der Waals surface area contributed by atoms with Crippen molar-refractivity contribution >= 4 is 41.3 Å². The Morgan fingerprint density at radius 1 is 1.18 bits per heavy atom. The van der Waals surface area contributed by atoms with E-state index < -0.39 is 0 Å². The van der Waals surface area contributed by atoms with Gasteiger partial charge in [-0.3, -0.25) is 0 Å². The monoisotopic (exact) mass is 515 g/mol. The predicted octanol–water partition coefficient (Wildman–Crippen LogP) is 4.56. The molecule has 1 aromatic heterocycles. The van der Waals surface area contributed by atoms with Gasteiger partial charge in [0.15, 0.2) is 5.96 Å². The third-order valence-electron chi connectivity index (χ3n) is 4.39. The van der Waals surface area contributed by atoms with Gasteiger partial charge in [-0.05, 0) is 47.1 Å². The molecule has 0 spiro atoms. The summed E-state index contributed by atoms with van der Waals surface area (Å²) in [6.07, 6.45) is 0. The lowest BCUT2D eigenvalue weighted by molar-refractivity contribution is 0.345. The van der Waals surface area contributed by atoms with E-state index in [9.17, 15) is 0 Å². The Morgan fingerprint density at radius 2 is 1.86 bits per heavy atom. The van der Waals surface area contributed by atoms with E-state index in [2.05, 4.69) is 79.8 Å². The highest BCUT2D eigenvalue weighted by Crippen LogP contribution is 2.17. The van der Waals surface area contributed by atoms with E-state index in [0.29, 0.717) is 6.54 Å². The van der Waals surface area contributed by atoms with Crippen molar-refractivity contribution in [2.24, 2.45) is 4.99 Å². The number of benzene rings is 1. The minimum absolute atomic E-state index is 0. The second kappa shape index (κ2) is 11.7. The summed E-state index contributed by atoms with van der Waals surface area (Å²) in [5, 5.41) is 11.5. The van der Waals surface area contributed by atoms with Gasteiger partial charge in [-0.2, -0.15) is 0 Å². The molecule has 5 nitrogen and oxygen atoms in total. The van der Waals surface area contributed by atoms with Crippen LogP contribution in [-0.2, 0) is 6.54 Å². The fourth-order valence-corrected chi connectivity index (χ4v) is 3.72. The zero-order chi connectivity index (χ0) is 19.9. The molecule has 2 rings (SSSR count). The molecular formula is C21H34IN5S.